The van der Waals surface area contributed by atoms with Crippen molar-refractivity contribution in [2.24, 2.45) is 0 Å². The summed E-state index contributed by atoms with van der Waals surface area (Å²) in [5.74, 6) is -1.14. The third-order valence-corrected chi connectivity index (χ3v) is 2.59. The number of carbonyl (C=O) groups is 1. The predicted octanol–water partition coefficient (Wildman–Crippen LogP) is 3.20. The Hall–Kier alpha value is -2.36. The Bertz CT molecular complexity index is 593. The van der Waals surface area contributed by atoms with E-state index in [0.29, 0.717) is 11.1 Å². The number of hydrogen-bond acceptors (Lipinski definition) is 2. The second-order valence-corrected chi connectivity index (χ2v) is 3.73. The highest BCUT2D eigenvalue weighted by molar-refractivity contribution is 5.92. The minimum atomic E-state index is -1.06. The first-order valence-electron chi connectivity index (χ1n) is 5.29. The minimum Gasteiger partial charge on any atom is -0.496 e. The van der Waals surface area contributed by atoms with Gasteiger partial charge in [-0.15, -0.1) is 0 Å². The maximum Gasteiger partial charge on any atom is 0.339 e. The minimum absolute atomic E-state index is 0.0812. The quantitative estimate of drug-likeness (QED) is 0.904. The van der Waals surface area contributed by atoms with Crippen molar-refractivity contribution >= 4 is 5.97 Å². The molecule has 0 unspecified atom stereocenters. The topological polar surface area (TPSA) is 46.5 Å². The van der Waals surface area contributed by atoms with Gasteiger partial charge in [0, 0.05) is 0 Å². The Balaban J connectivity index is 2.51. The lowest BCUT2D eigenvalue weighted by Gasteiger charge is -2.08. The maximum absolute atomic E-state index is 13.1. The molecule has 0 amide bonds. The monoisotopic (exact) mass is 246 g/mol. The molecule has 0 bridgehead atoms. The van der Waals surface area contributed by atoms with E-state index in [2.05, 4.69) is 0 Å². The molecule has 0 fully saturated rings. The highest BCUT2D eigenvalue weighted by Crippen LogP contribution is 2.27. The molecule has 1 N–H and O–H groups in total. The van der Waals surface area contributed by atoms with E-state index < -0.39 is 5.97 Å². The van der Waals surface area contributed by atoms with Crippen molar-refractivity contribution in [3.05, 3.63) is 53.8 Å². The average Bonchev–Trinajstić information content (AvgIpc) is 2.37. The number of methoxy groups -OCH3 is 1. The molecule has 0 aliphatic heterocycles. The van der Waals surface area contributed by atoms with Gasteiger partial charge in [-0.25, -0.2) is 9.18 Å². The molecule has 0 radical (unpaired) electrons. The van der Waals surface area contributed by atoms with Gasteiger partial charge in [0.2, 0.25) is 0 Å². The van der Waals surface area contributed by atoms with E-state index in [0.717, 1.165) is 0 Å². The number of hydrogen-bond donors (Lipinski definition) is 1. The van der Waals surface area contributed by atoms with Crippen LogP contribution in [-0.2, 0) is 0 Å². The fraction of sp³-hybridized carbons (Fsp3) is 0.0714. The van der Waals surface area contributed by atoms with E-state index in [1.807, 2.05) is 0 Å². The maximum atomic E-state index is 13.1. The number of benzene rings is 2. The Kier molecular flexibility index (Phi) is 3.28. The second kappa shape index (κ2) is 4.87. The molecule has 92 valence electrons. The zero-order valence-corrected chi connectivity index (χ0v) is 9.68. The molecule has 2 aromatic carbocycles. The molecule has 2 rings (SSSR count). The van der Waals surface area contributed by atoms with Crippen LogP contribution in [-0.4, -0.2) is 18.2 Å². The van der Waals surface area contributed by atoms with E-state index >= 15 is 0 Å². The van der Waals surface area contributed by atoms with E-state index in [-0.39, 0.29) is 17.1 Å². The van der Waals surface area contributed by atoms with Crippen LogP contribution in [0.4, 0.5) is 4.39 Å². The molecule has 0 heterocycles. The molecule has 0 aliphatic carbocycles. The normalized spacial score (nSPS) is 10.1. The van der Waals surface area contributed by atoms with Crippen LogP contribution in [0.15, 0.2) is 42.5 Å². The molecule has 4 heteroatoms. The fourth-order valence-corrected chi connectivity index (χ4v) is 1.72. The van der Waals surface area contributed by atoms with Crippen molar-refractivity contribution in [1.82, 2.24) is 0 Å². The van der Waals surface area contributed by atoms with Crippen LogP contribution in [0.1, 0.15) is 10.4 Å². The Morgan fingerprint density at radius 2 is 1.89 bits per heavy atom. The molecule has 2 aromatic rings. The average molecular weight is 246 g/mol. The van der Waals surface area contributed by atoms with Crippen molar-refractivity contribution in [2.45, 2.75) is 0 Å². The third kappa shape index (κ3) is 2.32. The van der Waals surface area contributed by atoms with Gasteiger partial charge in [0.05, 0.1) is 7.11 Å². The first-order valence-corrected chi connectivity index (χ1v) is 5.29. The van der Waals surface area contributed by atoms with Gasteiger partial charge in [-0.2, -0.15) is 0 Å². The van der Waals surface area contributed by atoms with Crippen molar-refractivity contribution in [1.29, 1.82) is 0 Å². The lowest BCUT2D eigenvalue weighted by atomic mass is 10.0. The lowest BCUT2D eigenvalue weighted by Crippen LogP contribution is -2.00. The smallest absolute Gasteiger partial charge is 0.339 e. The van der Waals surface area contributed by atoms with Crippen LogP contribution >= 0.6 is 0 Å². The van der Waals surface area contributed by atoms with Gasteiger partial charge < -0.3 is 9.84 Å². The second-order valence-electron chi connectivity index (χ2n) is 3.73. The van der Waals surface area contributed by atoms with E-state index in [1.54, 1.807) is 24.3 Å². The number of ether oxygens (including phenoxy) is 1. The number of carboxylic acids is 1. The Labute approximate surface area is 103 Å². The standard InChI is InChI=1S/C14H11FO3/c1-18-13-8-10(5-6-12(13)14(16)17)9-3-2-4-11(15)7-9/h2-8H,1H3,(H,16,17). The van der Waals surface area contributed by atoms with Crippen LogP contribution in [0, 0.1) is 5.82 Å². The summed E-state index contributed by atoms with van der Waals surface area (Å²) in [5.41, 5.74) is 1.46. The van der Waals surface area contributed by atoms with Crippen LogP contribution in [0.3, 0.4) is 0 Å². The van der Waals surface area contributed by atoms with Gasteiger partial charge in [0.15, 0.2) is 0 Å². The van der Waals surface area contributed by atoms with Gasteiger partial charge in [-0.1, -0.05) is 18.2 Å². The molecule has 0 spiro atoms. The molecular weight excluding hydrogens is 235 g/mol. The van der Waals surface area contributed by atoms with Crippen LogP contribution in [0.5, 0.6) is 5.75 Å². The molecule has 0 aliphatic rings. The zero-order valence-electron chi connectivity index (χ0n) is 9.68. The number of rotatable bonds is 3. The van der Waals surface area contributed by atoms with E-state index in [9.17, 15) is 9.18 Å². The summed E-state index contributed by atoms with van der Waals surface area (Å²) in [5, 5.41) is 8.96. The molecule has 3 nitrogen and oxygen atoms in total. The van der Waals surface area contributed by atoms with Gasteiger partial charge in [0.25, 0.3) is 0 Å². The van der Waals surface area contributed by atoms with Gasteiger partial charge in [-0.3, -0.25) is 0 Å². The van der Waals surface area contributed by atoms with Gasteiger partial charge in [0.1, 0.15) is 17.1 Å². The molecule has 18 heavy (non-hydrogen) atoms. The highest BCUT2D eigenvalue weighted by atomic mass is 19.1. The lowest BCUT2D eigenvalue weighted by molar-refractivity contribution is 0.0693. The van der Waals surface area contributed by atoms with Gasteiger partial charge >= 0.3 is 5.97 Å². The van der Waals surface area contributed by atoms with Gasteiger partial charge in [-0.05, 0) is 35.4 Å². The largest absolute Gasteiger partial charge is 0.496 e. The third-order valence-electron chi connectivity index (χ3n) is 2.59. The summed E-state index contributed by atoms with van der Waals surface area (Å²) in [7, 11) is 1.40. The predicted molar refractivity (Wildman–Crippen MR) is 65.3 cm³/mol. The molecular formula is C14H11FO3. The van der Waals surface area contributed by atoms with Crippen LogP contribution in [0.2, 0.25) is 0 Å². The van der Waals surface area contributed by atoms with Crippen LogP contribution < -0.4 is 4.74 Å². The first-order chi connectivity index (χ1) is 8.61. The van der Waals surface area contributed by atoms with Crippen molar-refractivity contribution in [3.8, 4) is 16.9 Å². The summed E-state index contributed by atoms with van der Waals surface area (Å²) in [4.78, 5) is 10.9. The molecule has 0 atom stereocenters. The SMILES string of the molecule is COc1cc(-c2cccc(F)c2)ccc1C(=O)O. The summed E-state index contributed by atoms with van der Waals surface area (Å²) < 4.78 is 18.1. The number of halogens is 1. The number of carboxylic acid groups (broad SMARTS) is 1. The molecule has 0 saturated carbocycles. The van der Waals surface area contributed by atoms with E-state index in [1.165, 1.54) is 25.3 Å². The summed E-state index contributed by atoms with van der Waals surface area (Å²) in [6, 6.07) is 10.7. The molecule has 0 saturated heterocycles. The summed E-state index contributed by atoms with van der Waals surface area (Å²) >= 11 is 0. The fourth-order valence-electron chi connectivity index (χ4n) is 1.72. The van der Waals surface area contributed by atoms with Crippen molar-refractivity contribution in [3.63, 3.8) is 0 Å². The number of aromatic carboxylic acids is 1. The summed E-state index contributed by atoms with van der Waals surface area (Å²) in [6.07, 6.45) is 0. The summed E-state index contributed by atoms with van der Waals surface area (Å²) in [6.45, 7) is 0. The Morgan fingerprint density at radius 1 is 1.17 bits per heavy atom. The first kappa shape index (κ1) is 12.1. The van der Waals surface area contributed by atoms with Crippen LogP contribution in [0.25, 0.3) is 11.1 Å². The van der Waals surface area contributed by atoms with Crippen molar-refractivity contribution in [2.75, 3.05) is 7.11 Å². The highest BCUT2D eigenvalue weighted by Gasteiger charge is 2.11. The Morgan fingerprint density at radius 3 is 2.50 bits per heavy atom. The zero-order chi connectivity index (χ0) is 13.1. The van der Waals surface area contributed by atoms with E-state index in [4.69, 9.17) is 9.84 Å². The molecule has 0 aromatic heterocycles. The van der Waals surface area contributed by atoms with Crippen molar-refractivity contribution < 1.29 is 19.0 Å².